The Bertz CT molecular complexity index is 3690. The summed E-state index contributed by atoms with van der Waals surface area (Å²) < 4.78 is 5.04. The van der Waals surface area contributed by atoms with Crippen molar-refractivity contribution in [3.05, 3.63) is 156 Å². The van der Waals surface area contributed by atoms with Crippen molar-refractivity contribution >= 4 is 104 Å². The Morgan fingerprint density at radius 3 is 1.44 bits per heavy atom. The summed E-state index contributed by atoms with van der Waals surface area (Å²) in [6.45, 7) is 21.1. The van der Waals surface area contributed by atoms with E-state index in [-0.39, 0.29) is 16.2 Å². The van der Waals surface area contributed by atoms with Crippen LogP contribution in [0, 0.1) is 0 Å². The van der Waals surface area contributed by atoms with Crippen LogP contribution in [-0.4, -0.2) is 13.8 Å². The first-order valence-electron chi connectivity index (χ1n) is 21.8. The van der Waals surface area contributed by atoms with E-state index in [9.17, 15) is 0 Å². The van der Waals surface area contributed by atoms with E-state index < -0.39 is 0 Å². The average Bonchev–Trinajstić information content (AvgIpc) is 3.95. The highest BCUT2D eigenvalue weighted by Gasteiger charge is 2.31. The lowest BCUT2D eigenvalue weighted by Crippen LogP contribution is -2.15. The molecule has 12 aromatic rings. The molecule has 0 spiro atoms. The van der Waals surface area contributed by atoms with Crippen LogP contribution in [0.3, 0.4) is 0 Å². The van der Waals surface area contributed by atoms with E-state index in [2.05, 4.69) is 216 Å². The first-order valence-corrected chi connectivity index (χ1v) is 21.8. The van der Waals surface area contributed by atoms with Crippen molar-refractivity contribution < 1.29 is 0 Å². The fraction of sp³-hybridized carbons (Fsp3) is 0.211. The number of nitrogens with zero attached hydrogens (tertiary/aromatic N) is 4. The molecule has 0 radical (unpaired) electrons. The number of para-hydroxylation sites is 2. The average molecular weight is 791 g/mol. The Kier molecular flexibility index (Phi) is 7.13. The van der Waals surface area contributed by atoms with Crippen molar-refractivity contribution in [3.63, 3.8) is 0 Å². The van der Waals surface area contributed by atoms with E-state index in [1.165, 1.54) is 92.6 Å². The topological polar surface area (TPSA) is 24.9 Å². The molecule has 5 aromatic heterocycles. The third-order valence-corrected chi connectivity index (χ3v) is 13.6. The highest BCUT2D eigenvalue weighted by atomic mass is 15.2. The largest absolute Gasteiger partial charge is 0.308 e. The molecule has 0 atom stereocenters. The maximum absolute atomic E-state index is 5.57. The zero-order valence-corrected chi connectivity index (χ0v) is 36.6. The number of anilines is 3. The molecule has 0 aliphatic rings. The summed E-state index contributed by atoms with van der Waals surface area (Å²) in [7, 11) is 0. The minimum absolute atomic E-state index is 0.0526. The van der Waals surface area contributed by atoms with Gasteiger partial charge in [-0.3, -0.25) is 4.40 Å². The van der Waals surface area contributed by atoms with Crippen molar-refractivity contribution in [1.29, 1.82) is 0 Å². The molecule has 0 bridgehead atoms. The van der Waals surface area contributed by atoms with Crippen molar-refractivity contribution in [3.8, 4) is 0 Å². The molecule has 12 rings (SSSR count). The van der Waals surface area contributed by atoms with Gasteiger partial charge in [-0.1, -0.05) is 123 Å². The molecule has 298 valence electrons. The van der Waals surface area contributed by atoms with Crippen molar-refractivity contribution in [2.75, 3.05) is 4.90 Å². The monoisotopic (exact) mass is 790 g/mol. The third-order valence-electron chi connectivity index (χ3n) is 13.6. The van der Waals surface area contributed by atoms with E-state index in [0.29, 0.717) is 0 Å². The van der Waals surface area contributed by atoms with Gasteiger partial charge in [0.05, 0.1) is 39.5 Å². The summed E-state index contributed by atoms with van der Waals surface area (Å²) in [5, 5.41) is 12.7. The minimum atomic E-state index is -0.0870. The standard InChI is InChI=1S/C57H50N4/c1-55(2,3)35-26-41-40-24-33-18-16-17-19-34(33)25-46(40)61-52(41)45(30-35)50-49-44-29-36(56(4,5)6)27-42-43-28-37(57(7,8)9)31-47(53(43)60(51(42)44)48(49)32-58-54(50)61)59(38-20-12-10-13-21-38)39-22-14-11-15-23-39/h10-32H,1-9H3. The van der Waals surface area contributed by atoms with Gasteiger partial charge in [-0.25, -0.2) is 4.98 Å². The lowest BCUT2D eigenvalue weighted by Gasteiger charge is -2.29. The van der Waals surface area contributed by atoms with Gasteiger partial charge >= 0.3 is 0 Å². The minimum Gasteiger partial charge on any atom is -0.308 e. The molecule has 61 heavy (non-hydrogen) atoms. The second-order valence-electron chi connectivity index (χ2n) is 20.6. The van der Waals surface area contributed by atoms with E-state index in [4.69, 9.17) is 4.98 Å². The van der Waals surface area contributed by atoms with Crippen LogP contribution < -0.4 is 4.90 Å². The maximum atomic E-state index is 5.57. The van der Waals surface area contributed by atoms with Gasteiger partial charge in [-0.05, 0) is 117 Å². The van der Waals surface area contributed by atoms with Gasteiger partial charge in [0.1, 0.15) is 5.65 Å². The molecule has 5 heterocycles. The normalized spacial score (nSPS) is 13.3. The van der Waals surface area contributed by atoms with Gasteiger partial charge in [0.15, 0.2) is 0 Å². The fourth-order valence-electron chi connectivity index (χ4n) is 10.3. The molecule has 0 aliphatic carbocycles. The van der Waals surface area contributed by atoms with Crippen molar-refractivity contribution in [2.24, 2.45) is 0 Å². The predicted molar refractivity (Wildman–Crippen MR) is 262 cm³/mol. The molecule has 0 fully saturated rings. The third kappa shape index (κ3) is 5.02. The van der Waals surface area contributed by atoms with Crippen LogP contribution in [0.15, 0.2) is 140 Å². The highest BCUT2D eigenvalue weighted by Crippen LogP contribution is 2.51. The SMILES string of the molecule is CC(C)(C)c1cc(N(c2ccccc2)c2ccccc2)c2c(c1)c1cc(C(C)(C)C)cc3c4c5c6cc(C(C)(C)C)cc7c8cc9ccccc9cc8n(c5ncc4n2c13)c76. The summed E-state index contributed by atoms with van der Waals surface area (Å²) >= 11 is 0. The summed E-state index contributed by atoms with van der Waals surface area (Å²) in [4.78, 5) is 8.03. The van der Waals surface area contributed by atoms with Gasteiger partial charge in [-0.2, -0.15) is 0 Å². The predicted octanol–water partition coefficient (Wildman–Crippen LogP) is 15.9. The molecule has 7 aromatic carbocycles. The number of hydrogen-bond acceptors (Lipinski definition) is 2. The van der Waals surface area contributed by atoms with Gasteiger partial charge in [0.2, 0.25) is 0 Å². The number of aromatic nitrogens is 3. The highest BCUT2D eigenvalue weighted by molar-refractivity contribution is 6.36. The van der Waals surface area contributed by atoms with Crippen LogP contribution >= 0.6 is 0 Å². The number of rotatable bonds is 3. The Morgan fingerprint density at radius 1 is 0.410 bits per heavy atom. The number of fused-ring (bicyclic) bond motifs is 14. The van der Waals surface area contributed by atoms with Crippen LogP contribution in [0.2, 0.25) is 0 Å². The molecule has 0 aliphatic heterocycles. The smallest absolute Gasteiger partial charge is 0.146 e. The molecular formula is C57H50N4. The Morgan fingerprint density at radius 2 is 0.869 bits per heavy atom. The fourth-order valence-corrected chi connectivity index (χ4v) is 10.3. The summed E-state index contributed by atoms with van der Waals surface area (Å²) in [5.41, 5.74) is 14.3. The Balaban J connectivity index is 1.33. The molecule has 0 amide bonds. The lowest BCUT2D eigenvalue weighted by atomic mass is 9.83. The van der Waals surface area contributed by atoms with Crippen molar-refractivity contribution in [2.45, 2.75) is 78.6 Å². The summed E-state index contributed by atoms with van der Waals surface area (Å²) in [5.74, 6) is 0. The second kappa shape index (κ2) is 12.0. The number of hydrogen-bond donors (Lipinski definition) is 0. The molecule has 0 saturated carbocycles. The Hall–Kier alpha value is -6.65. The zero-order chi connectivity index (χ0) is 41.9. The van der Waals surface area contributed by atoms with Crippen LogP contribution in [0.4, 0.5) is 17.1 Å². The Labute approximate surface area is 356 Å². The van der Waals surface area contributed by atoms with E-state index >= 15 is 0 Å². The molecule has 0 unspecified atom stereocenters. The van der Waals surface area contributed by atoms with E-state index in [1.54, 1.807) is 0 Å². The number of benzene rings is 7. The molecule has 0 saturated heterocycles. The van der Waals surface area contributed by atoms with E-state index in [0.717, 1.165) is 28.2 Å². The molecule has 4 nitrogen and oxygen atoms in total. The first-order chi connectivity index (χ1) is 29.2. The lowest BCUT2D eigenvalue weighted by molar-refractivity contribution is 0.591. The van der Waals surface area contributed by atoms with Crippen molar-refractivity contribution in [1.82, 2.24) is 13.8 Å². The zero-order valence-electron chi connectivity index (χ0n) is 36.6. The van der Waals surface area contributed by atoms with Crippen LogP contribution in [-0.2, 0) is 16.2 Å². The van der Waals surface area contributed by atoms with Gasteiger partial charge in [0.25, 0.3) is 0 Å². The van der Waals surface area contributed by atoms with Gasteiger partial charge in [-0.15, -0.1) is 0 Å². The first kappa shape index (κ1) is 36.2. The van der Waals surface area contributed by atoms with Gasteiger partial charge in [0, 0.05) is 54.5 Å². The quantitative estimate of drug-likeness (QED) is 0.178. The van der Waals surface area contributed by atoms with Crippen LogP contribution in [0.25, 0.3) is 87.1 Å². The van der Waals surface area contributed by atoms with Crippen LogP contribution in [0.1, 0.15) is 79.0 Å². The van der Waals surface area contributed by atoms with Gasteiger partial charge < -0.3 is 9.30 Å². The summed E-state index contributed by atoms with van der Waals surface area (Å²) in [6.07, 6.45) is 2.18. The summed E-state index contributed by atoms with van der Waals surface area (Å²) in [6, 6.07) is 50.1. The molecular weight excluding hydrogens is 741 g/mol. The number of pyridine rings is 1. The van der Waals surface area contributed by atoms with Crippen LogP contribution in [0.5, 0.6) is 0 Å². The van der Waals surface area contributed by atoms with E-state index in [1.807, 2.05) is 0 Å². The second-order valence-corrected chi connectivity index (χ2v) is 20.6. The maximum Gasteiger partial charge on any atom is 0.146 e. The molecule has 4 heteroatoms. The molecule has 0 N–H and O–H groups in total.